The SMILES string of the molecule is Cc1ccnc([C@H]2C[C@@H]2C(=O)Nc2cc(NCc3cn4cc(C5CC5)cc(F)c4n3)ccc2S(=O)(=O)NC(=O)O)n1. The first-order valence-corrected chi connectivity index (χ1v) is 14.5. The zero-order valence-corrected chi connectivity index (χ0v) is 22.7. The fourth-order valence-electron chi connectivity index (χ4n) is 4.83. The molecule has 4 aromatic rings. The molecule has 1 aromatic carbocycles. The number of benzene rings is 1. The summed E-state index contributed by atoms with van der Waals surface area (Å²) in [4.78, 5) is 36.7. The lowest BCUT2D eigenvalue weighted by Gasteiger charge is -2.14. The third kappa shape index (κ3) is 5.68. The zero-order chi connectivity index (χ0) is 28.9. The minimum Gasteiger partial charge on any atom is -0.464 e. The maximum atomic E-state index is 14.6. The molecule has 0 radical (unpaired) electrons. The van der Waals surface area contributed by atoms with Crippen molar-refractivity contribution in [3.8, 4) is 0 Å². The first kappa shape index (κ1) is 26.6. The highest BCUT2D eigenvalue weighted by molar-refractivity contribution is 7.90. The molecule has 2 amide bonds. The van der Waals surface area contributed by atoms with Crippen LogP contribution in [0.3, 0.4) is 0 Å². The average Bonchev–Trinajstić information content (AvgIpc) is 3.83. The molecule has 6 rings (SSSR count). The molecule has 4 N–H and O–H groups in total. The number of hydrogen-bond donors (Lipinski definition) is 4. The summed E-state index contributed by atoms with van der Waals surface area (Å²) in [5.41, 5.74) is 2.79. The van der Waals surface area contributed by atoms with Gasteiger partial charge in [0.05, 0.1) is 17.9 Å². The molecule has 0 unspecified atom stereocenters. The lowest BCUT2D eigenvalue weighted by molar-refractivity contribution is -0.117. The molecule has 2 saturated carbocycles. The van der Waals surface area contributed by atoms with Gasteiger partial charge in [-0.3, -0.25) is 4.79 Å². The molecular weight excluding hydrogens is 553 g/mol. The molecule has 3 aromatic heterocycles. The molecule has 2 aliphatic rings. The monoisotopic (exact) mass is 579 g/mol. The zero-order valence-electron chi connectivity index (χ0n) is 21.8. The minimum atomic E-state index is -4.50. The van der Waals surface area contributed by atoms with E-state index in [1.807, 2.05) is 13.1 Å². The summed E-state index contributed by atoms with van der Waals surface area (Å²) in [5, 5.41) is 14.8. The lowest BCUT2D eigenvalue weighted by Crippen LogP contribution is -2.30. The number of nitrogens with zero attached hydrogens (tertiary/aromatic N) is 4. The molecule has 0 aliphatic heterocycles. The Kier molecular flexibility index (Phi) is 6.56. The summed E-state index contributed by atoms with van der Waals surface area (Å²) in [6.45, 7) is 2.00. The second-order valence-corrected chi connectivity index (χ2v) is 12.0. The molecular formula is C27H26FN7O5S. The number of carbonyl (C=O) groups excluding carboxylic acids is 1. The van der Waals surface area contributed by atoms with Crippen LogP contribution in [0, 0.1) is 18.7 Å². The third-order valence-corrected chi connectivity index (χ3v) is 8.50. The number of pyridine rings is 1. The average molecular weight is 580 g/mol. The van der Waals surface area contributed by atoms with E-state index in [2.05, 4.69) is 25.6 Å². The van der Waals surface area contributed by atoms with E-state index in [4.69, 9.17) is 5.11 Å². The Balaban J connectivity index is 1.22. The van der Waals surface area contributed by atoms with Crippen LogP contribution in [0.15, 0.2) is 53.8 Å². The summed E-state index contributed by atoms with van der Waals surface area (Å²) in [6.07, 6.45) is 6.04. The number of aryl methyl sites for hydroxylation is 1. The molecule has 212 valence electrons. The Labute approximate surface area is 234 Å². The number of fused-ring (bicyclic) bond motifs is 1. The number of anilines is 2. The first-order valence-electron chi connectivity index (χ1n) is 13.0. The maximum absolute atomic E-state index is 14.6. The molecule has 12 nitrogen and oxygen atoms in total. The minimum absolute atomic E-state index is 0.0975. The Morgan fingerprint density at radius 1 is 1.15 bits per heavy atom. The summed E-state index contributed by atoms with van der Waals surface area (Å²) in [7, 11) is -4.50. The van der Waals surface area contributed by atoms with Gasteiger partial charge in [-0.2, -0.15) is 0 Å². The molecule has 41 heavy (non-hydrogen) atoms. The predicted molar refractivity (Wildman–Crippen MR) is 145 cm³/mol. The van der Waals surface area contributed by atoms with Gasteiger partial charge < -0.3 is 20.1 Å². The Bertz CT molecular complexity index is 1810. The Morgan fingerprint density at radius 2 is 1.95 bits per heavy atom. The molecule has 3 heterocycles. The molecule has 14 heteroatoms. The number of halogens is 1. The van der Waals surface area contributed by atoms with Gasteiger partial charge in [-0.25, -0.2) is 37.3 Å². The van der Waals surface area contributed by atoms with E-state index in [9.17, 15) is 22.4 Å². The van der Waals surface area contributed by atoms with Crippen LogP contribution in [0.4, 0.5) is 20.6 Å². The standard InChI is InChI=1S/C27H26FN7O5S/c1-14-6-7-29-24(31-14)19-10-20(19)26(36)33-22-9-17(4-5-23(22)41(39,40)34-27(37)38)30-11-18-13-35-12-16(15-2-3-15)8-21(28)25(35)32-18/h4-9,12-13,15,19-20,30,34H,2-3,10-11H2,1H3,(H,33,36)(H,37,38)/t19-,20-/m0/s1. The number of hydrogen-bond acceptors (Lipinski definition) is 8. The highest BCUT2D eigenvalue weighted by Gasteiger charge is 2.46. The number of carbonyl (C=O) groups is 2. The van der Waals surface area contributed by atoms with E-state index in [1.54, 1.807) is 22.9 Å². The van der Waals surface area contributed by atoms with Crippen LogP contribution in [0.2, 0.25) is 0 Å². The first-order chi connectivity index (χ1) is 19.6. The Hall–Kier alpha value is -4.59. The van der Waals surface area contributed by atoms with Crippen LogP contribution < -0.4 is 15.4 Å². The van der Waals surface area contributed by atoms with Crippen LogP contribution in [-0.2, 0) is 21.4 Å². The van der Waals surface area contributed by atoms with Crippen LogP contribution in [0.1, 0.15) is 53.9 Å². The molecule has 0 bridgehead atoms. The van der Waals surface area contributed by atoms with E-state index in [-0.39, 0.29) is 23.8 Å². The van der Waals surface area contributed by atoms with Gasteiger partial charge in [0, 0.05) is 41.8 Å². The van der Waals surface area contributed by atoms with Gasteiger partial charge in [0.15, 0.2) is 11.5 Å². The Morgan fingerprint density at radius 3 is 2.68 bits per heavy atom. The van der Waals surface area contributed by atoms with Crippen molar-refractivity contribution in [3.05, 3.63) is 77.5 Å². The van der Waals surface area contributed by atoms with Gasteiger partial charge >= 0.3 is 6.09 Å². The van der Waals surface area contributed by atoms with Crippen molar-refractivity contribution in [2.24, 2.45) is 5.92 Å². The van der Waals surface area contributed by atoms with Crippen LogP contribution >= 0.6 is 0 Å². The van der Waals surface area contributed by atoms with Crippen molar-refractivity contribution in [3.63, 3.8) is 0 Å². The number of nitrogens with one attached hydrogen (secondary N) is 3. The summed E-state index contributed by atoms with van der Waals surface area (Å²) >= 11 is 0. The van der Waals surface area contributed by atoms with Crippen LogP contribution in [-0.4, -0.2) is 44.9 Å². The van der Waals surface area contributed by atoms with Crippen molar-refractivity contribution in [2.75, 3.05) is 10.6 Å². The second kappa shape index (κ2) is 10.1. The van der Waals surface area contributed by atoms with Crippen LogP contribution in [0.5, 0.6) is 0 Å². The quantitative estimate of drug-likeness (QED) is 0.231. The summed E-state index contributed by atoms with van der Waals surface area (Å²) in [6, 6.07) is 7.30. The number of carboxylic acid groups (broad SMARTS) is 1. The number of imidazole rings is 1. The van der Waals surface area contributed by atoms with Crippen molar-refractivity contribution >= 4 is 39.0 Å². The lowest BCUT2D eigenvalue weighted by atomic mass is 10.2. The van der Waals surface area contributed by atoms with Gasteiger partial charge in [-0.15, -0.1) is 0 Å². The van der Waals surface area contributed by atoms with Gasteiger partial charge in [-0.05, 0) is 68.0 Å². The number of aromatic nitrogens is 4. The van der Waals surface area contributed by atoms with E-state index in [0.717, 1.165) is 24.1 Å². The van der Waals surface area contributed by atoms with E-state index >= 15 is 0 Å². The van der Waals surface area contributed by atoms with Crippen molar-refractivity contribution in [1.29, 1.82) is 0 Å². The third-order valence-electron chi connectivity index (χ3n) is 7.12. The van der Waals surface area contributed by atoms with Gasteiger partial charge in [-0.1, -0.05) is 0 Å². The van der Waals surface area contributed by atoms with Gasteiger partial charge in [0.25, 0.3) is 10.0 Å². The van der Waals surface area contributed by atoms with Crippen molar-refractivity contribution < 1.29 is 27.5 Å². The van der Waals surface area contributed by atoms with Crippen molar-refractivity contribution in [1.82, 2.24) is 24.1 Å². The molecule has 0 saturated heterocycles. The fraction of sp³-hybridized carbons (Fsp3) is 0.296. The molecule has 2 atom stereocenters. The van der Waals surface area contributed by atoms with Gasteiger partial charge in [0.2, 0.25) is 5.91 Å². The molecule has 2 fully saturated rings. The number of rotatable bonds is 9. The number of sulfonamides is 1. The highest BCUT2D eigenvalue weighted by Crippen LogP contribution is 2.47. The largest absolute Gasteiger partial charge is 0.464 e. The summed E-state index contributed by atoms with van der Waals surface area (Å²) < 4.78 is 43.2. The fourth-order valence-corrected chi connectivity index (χ4v) is 5.82. The maximum Gasteiger partial charge on any atom is 0.418 e. The van der Waals surface area contributed by atoms with Gasteiger partial charge in [0.1, 0.15) is 10.7 Å². The van der Waals surface area contributed by atoms with E-state index in [0.29, 0.717) is 29.5 Å². The van der Waals surface area contributed by atoms with Crippen LogP contribution in [0.25, 0.3) is 5.65 Å². The highest BCUT2D eigenvalue weighted by atomic mass is 32.2. The van der Waals surface area contributed by atoms with E-state index < -0.39 is 38.7 Å². The normalized spacial score (nSPS) is 18.2. The topological polar surface area (TPSA) is 168 Å². The molecule has 2 aliphatic carbocycles. The summed E-state index contributed by atoms with van der Waals surface area (Å²) in [5.74, 6) is -0.595. The smallest absolute Gasteiger partial charge is 0.418 e. The predicted octanol–water partition coefficient (Wildman–Crippen LogP) is 3.76. The van der Waals surface area contributed by atoms with E-state index in [1.165, 1.54) is 29.0 Å². The number of amides is 2. The van der Waals surface area contributed by atoms with Crippen molar-refractivity contribution in [2.45, 2.75) is 49.5 Å². The molecule has 0 spiro atoms. The second-order valence-electron chi connectivity index (χ2n) is 10.3.